The van der Waals surface area contributed by atoms with Crippen molar-refractivity contribution in [3.8, 4) is 0 Å². The SMILES string of the molecule is Cc1cc(C)c(NC(=O)Nc2cc3ccccc3cc2C(=O)N[C@@H](COCc2ccccc2)C(=O)O)c(C)c1. The normalized spacial score (nSPS) is 11.6. The standard InChI is InChI=1S/C31H31N3O5/c1-19-13-20(2)28(21(3)14-19)34-31(38)33-26-16-24-12-8-7-11-23(24)15-25(26)29(35)32-27(30(36)37)18-39-17-22-9-5-4-6-10-22/h4-16,27H,17-18H2,1-3H3,(H,32,35)(H,36,37)(H2,33,34,38)/t27-/m0/s1. The van der Waals surface area contributed by atoms with Crippen molar-refractivity contribution in [2.75, 3.05) is 17.2 Å². The molecule has 200 valence electrons. The summed E-state index contributed by atoms with van der Waals surface area (Å²) in [5, 5.41) is 19.5. The highest BCUT2D eigenvalue weighted by atomic mass is 16.5. The Morgan fingerprint density at radius 3 is 2.08 bits per heavy atom. The van der Waals surface area contributed by atoms with Crippen molar-refractivity contribution in [3.05, 3.63) is 107 Å². The van der Waals surface area contributed by atoms with E-state index in [1.165, 1.54) is 0 Å². The van der Waals surface area contributed by atoms with Crippen LogP contribution in [0.1, 0.15) is 32.6 Å². The molecule has 4 N–H and O–H groups in total. The molecule has 0 aliphatic carbocycles. The quantitative estimate of drug-likeness (QED) is 0.220. The fraction of sp³-hybridized carbons (Fsp3) is 0.194. The van der Waals surface area contributed by atoms with Crippen LogP contribution in [0, 0.1) is 20.8 Å². The molecule has 3 amide bonds. The maximum Gasteiger partial charge on any atom is 0.328 e. The number of urea groups is 1. The zero-order valence-corrected chi connectivity index (χ0v) is 22.1. The number of carbonyl (C=O) groups excluding carboxylic acids is 2. The number of amides is 3. The third-order valence-corrected chi connectivity index (χ3v) is 6.29. The Morgan fingerprint density at radius 2 is 1.44 bits per heavy atom. The van der Waals surface area contributed by atoms with Crippen LogP contribution in [-0.4, -0.2) is 35.7 Å². The number of aryl methyl sites for hydroxylation is 3. The van der Waals surface area contributed by atoms with E-state index in [0.717, 1.165) is 33.0 Å². The zero-order valence-electron chi connectivity index (χ0n) is 22.1. The molecule has 1 atom stereocenters. The molecule has 4 rings (SSSR count). The topological polar surface area (TPSA) is 117 Å². The van der Waals surface area contributed by atoms with Crippen molar-refractivity contribution in [2.45, 2.75) is 33.4 Å². The van der Waals surface area contributed by atoms with Crippen LogP contribution in [0.15, 0.2) is 78.9 Å². The first kappa shape index (κ1) is 27.3. The Morgan fingerprint density at radius 1 is 0.821 bits per heavy atom. The van der Waals surface area contributed by atoms with Crippen molar-refractivity contribution in [1.29, 1.82) is 0 Å². The fourth-order valence-electron chi connectivity index (χ4n) is 4.46. The molecule has 0 aromatic heterocycles. The molecule has 0 saturated heterocycles. The summed E-state index contributed by atoms with van der Waals surface area (Å²) in [7, 11) is 0. The van der Waals surface area contributed by atoms with Gasteiger partial charge in [-0.15, -0.1) is 0 Å². The van der Waals surface area contributed by atoms with E-state index in [9.17, 15) is 19.5 Å². The van der Waals surface area contributed by atoms with Gasteiger partial charge in [0.2, 0.25) is 0 Å². The number of fused-ring (bicyclic) bond motifs is 1. The first-order chi connectivity index (χ1) is 18.7. The van der Waals surface area contributed by atoms with Crippen molar-refractivity contribution >= 4 is 40.1 Å². The van der Waals surface area contributed by atoms with Gasteiger partial charge in [-0.3, -0.25) is 4.79 Å². The number of anilines is 2. The number of carboxylic acids is 1. The lowest BCUT2D eigenvalue weighted by molar-refractivity contribution is -0.141. The fourth-order valence-corrected chi connectivity index (χ4v) is 4.46. The lowest BCUT2D eigenvalue weighted by Gasteiger charge is -2.18. The van der Waals surface area contributed by atoms with Crippen LogP contribution in [0.25, 0.3) is 10.8 Å². The van der Waals surface area contributed by atoms with Gasteiger partial charge in [0.25, 0.3) is 5.91 Å². The van der Waals surface area contributed by atoms with Gasteiger partial charge in [-0.2, -0.15) is 0 Å². The Bertz CT molecular complexity index is 1490. The molecule has 8 heteroatoms. The average Bonchev–Trinajstić information content (AvgIpc) is 2.90. The first-order valence-corrected chi connectivity index (χ1v) is 12.5. The first-order valence-electron chi connectivity index (χ1n) is 12.5. The molecule has 4 aromatic rings. The van der Waals surface area contributed by atoms with Gasteiger partial charge in [0.15, 0.2) is 6.04 Å². The van der Waals surface area contributed by atoms with E-state index in [1.54, 1.807) is 12.1 Å². The van der Waals surface area contributed by atoms with Crippen molar-refractivity contribution in [2.24, 2.45) is 0 Å². The van der Waals surface area contributed by atoms with Gasteiger partial charge in [-0.25, -0.2) is 9.59 Å². The summed E-state index contributed by atoms with van der Waals surface area (Å²) in [6.45, 7) is 5.80. The van der Waals surface area contributed by atoms with E-state index in [4.69, 9.17) is 4.74 Å². The molecule has 0 spiro atoms. The number of benzene rings is 4. The minimum absolute atomic E-state index is 0.135. The minimum atomic E-state index is -1.28. The van der Waals surface area contributed by atoms with Gasteiger partial charge in [0, 0.05) is 5.69 Å². The summed E-state index contributed by atoms with van der Waals surface area (Å²) < 4.78 is 5.57. The monoisotopic (exact) mass is 525 g/mol. The Kier molecular flexibility index (Phi) is 8.58. The van der Waals surface area contributed by atoms with Gasteiger partial charge in [0.05, 0.1) is 24.5 Å². The van der Waals surface area contributed by atoms with Crippen molar-refractivity contribution in [1.82, 2.24) is 5.32 Å². The summed E-state index contributed by atoms with van der Waals surface area (Å²) in [5.74, 6) is -1.87. The number of aliphatic carboxylic acids is 1. The molecule has 4 aromatic carbocycles. The van der Waals surface area contributed by atoms with Crippen LogP contribution in [-0.2, 0) is 16.1 Å². The summed E-state index contributed by atoms with van der Waals surface area (Å²) in [5.41, 5.74) is 4.88. The third kappa shape index (κ3) is 7.00. The van der Waals surface area contributed by atoms with Gasteiger partial charge in [0.1, 0.15) is 0 Å². The maximum atomic E-state index is 13.3. The van der Waals surface area contributed by atoms with Crippen LogP contribution >= 0.6 is 0 Å². The second-order valence-electron chi connectivity index (χ2n) is 9.46. The van der Waals surface area contributed by atoms with Gasteiger partial charge in [-0.05, 0) is 60.4 Å². The van der Waals surface area contributed by atoms with Crippen molar-refractivity contribution < 1.29 is 24.2 Å². The molecule has 0 unspecified atom stereocenters. The van der Waals surface area contributed by atoms with E-state index in [0.29, 0.717) is 5.69 Å². The zero-order chi connectivity index (χ0) is 27.9. The van der Waals surface area contributed by atoms with Crippen LogP contribution in [0.2, 0.25) is 0 Å². The van der Waals surface area contributed by atoms with Crippen LogP contribution in [0.4, 0.5) is 16.2 Å². The lowest BCUT2D eigenvalue weighted by Crippen LogP contribution is -2.44. The van der Waals surface area contributed by atoms with Gasteiger partial charge >= 0.3 is 12.0 Å². The van der Waals surface area contributed by atoms with Crippen LogP contribution in [0.3, 0.4) is 0 Å². The Balaban J connectivity index is 1.54. The highest BCUT2D eigenvalue weighted by molar-refractivity contribution is 6.10. The molecule has 39 heavy (non-hydrogen) atoms. The molecular formula is C31H31N3O5. The van der Waals surface area contributed by atoms with Crippen LogP contribution < -0.4 is 16.0 Å². The second kappa shape index (κ2) is 12.2. The van der Waals surface area contributed by atoms with Crippen LogP contribution in [0.5, 0.6) is 0 Å². The predicted octanol–water partition coefficient (Wildman–Crippen LogP) is 5.81. The number of ether oxygens (including phenoxy) is 1. The average molecular weight is 526 g/mol. The number of carbonyl (C=O) groups is 3. The largest absolute Gasteiger partial charge is 0.480 e. The van der Waals surface area contributed by atoms with Gasteiger partial charge in [-0.1, -0.05) is 72.3 Å². The molecule has 8 nitrogen and oxygen atoms in total. The molecule has 0 saturated carbocycles. The third-order valence-electron chi connectivity index (χ3n) is 6.29. The summed E-state index contributed by atoms with van der Waals surface area (Å²) >= 11 is 0. The van der Waals surface area contributed by atoms with E-state index in [2.05, 4.69) is 16.0 Å². The number of hydrogen-bond acceptors (Lipinski definition) is 4. The highest BCUT2D eigenvalue weighted by Gasteiger charge is 2.24. The molecule has 0 aliphatic rings. The smallest absolute Gasteiger partial charge is 0.328 e. The Labute approximate surface area is 227 Å². The lowest BCUT2D eigenvalue weighted by atomic mass is 10.0. The molecule has 0 radical (unpaired) electrons. The second-order valence-corrected chi connectivity index (χ2v) is 9.46. The molecule has 0 heterocycles. The number of nitrogens with one attached hydrogen (secondary N) is 3. The number of carboxylic acid groups (broad SMARTS) is 1. The molecule has 0 bridgehead atoms. The van der Waals surface area contributed by atoms with Crippen molar-refractivity contribution in [3.63, 3.8) is 0 Å². The molecular weight excluding hydrogens is 494 g/mol. The minimum Gasteiger partial charge on any atom is -0.480 e. The van der Waals surface area contributed by atoms with E-state index in [1.807, 2.05) is 87.5 Å². The predicted molar refractivity (Wildman–Crippen MR) is 152 cm³/mol. The molecule has 0 aliphatic heterocycles. The van der Waals surface area contributed by atoms with E-state index in [-0.39, 0.29) is 24.5 Å². The highest BCUT2D eigenvalue weighted by Crippen LogP contribution is 2.26. The summed E-state index contributed by atoms with van der Waals surface area (Å²) in [6.07, 6.45) is 0. The Hall–Kier alpha value is -4.69. The number of rotatable bonds is 9. The van der Waals surface area contributed by atoms with Gasteiger partial charge < -0.3 is 25.8 Å². The van der Waals surface area contributed by atoms with E-state index < -0.39 is 23.9 Å². The summed E-state index contributed by atoms with van der Waals surface area (Å²) in [6, 6.07) is 22.2. The summed E-state index contributed by atoms with van der Waals surface area (Å²) in [4.78, 5) is 38.3. The van der Waals surface area contributed by atoms with E-state index >= 15 is 0 Å². The maximum absolute atomic E-state index is 13.3. The molecule has 0 fully saturated rings. The number of hydrogen-bond donors (Lipinski definition) is 4.